The maximum atomic E-state index is 13.2. The number of imidazole rings is 1. The third kappa shape index (κ3) is 4.74. The highest BCUT2D eigenvalue weighted by atomic mass is 16.5. The fourth-order valence-electron chi connectivity index (χ4n) is 3.94. The average Bonchev–Trinajstić information content (AvgIpc) is 3.45. The monoisotopic (exact) mass is 462 g/mol. The van der Waals surface area contributed by atoms with Crippen LogP contribution >= 0.6 is 0 Å². The highest BCUT2D eigenvalue weighted by molar-refractivity contribution is 5.93. The lowest BCUT2D eigenvalue weighted by Crippen LogP contribution is -2.37. The van der Waals surface area contributed by atoms with E-state index in [-0.39, 0.29) is 18.3 Å². The van der Waals surface area contributed by atoms with Crippen molar-refractivity contribution in [2.45, 2.75) is 19.8 Å². The van der Waals surface area contributed by atoms with Crippen LogP contribution in [0.15, 0.2) is 37.1 Å². The summed E-state index contributed by atoms with van der Waals surface area (Å²) in [6.07, 6.45) is 7.85. The number of morpholine rings is 1. The molecule has 34 heavy (non-hydrogen) atoms. The molecule has 0 aromatic carbocycles. The maximum Gasteiger partial charge on any atom is 0.320 e. The molecule has 0 atom stereocenters. The number of rotatable bonds is 7. The summed E-state index contributed by atoms with van der Waals surface area (Å²) < 4.78 is 14.6. The number of nitrogens with zero attached hydrogens (tertiary/aromatic N) is 8. The van der Waals surface area contributed by atoms with Crippen LogP contribution < -0.4 is 9.64 Å². The van der Waals surface area contributed by atoms with E-state index in [0.29, 0.717) is 56.3 Å². The summed E-state index contributed by atoms with van der Waals surface area (Å²) in [6, 6.07) is 3.95. The number of carbonyl (C=O) groups excluding carboxylic acids is 1. The standard InChI is InChI=1S/C23H26N8O3/c1-16-11-17(3-5-24-16)12-19(32)31-15-25-20-21(30-6-9-33-10-7-30)27-23(28-22(20)31)34-8-4-18-13-26-29(2)14-18/h3,5,11,13-15H,4,6-10,12H2,1-2H3. The second-order valence-electron chi connectivity index (χ2n) is 8.21. The summed E-state index contributed by atoms with van der Waals surface area (Å²) in [5.74, 6) is 0.511. The second kappa shape index (κ2) is 9.56. The van der Waals surface area contributed by atoms with Crippen molar-refractivity contribution in [3.8, 4) is 6.01 Å². The molecule has 1 aliphatic rings. The fraction of sp³-hybridized carbons (Fsp3) is 0.391. The zero-order valence-corrected chi connectivity index (χ0v) is 19.2. The van der Waals surface area contributed by atoms with Gasteiger partial charge >= 0.3 is 6.01 Å². The Morgan fingerprint density at radius 3 is 2.79 bits per heavy atom. The summed E-state index contributed by atoms with van der Waals surface area (Å²) in [7, 11) is 1.88. The molecule has 0 spiro atoms. The number of carbonyl (C=O) groups is 1. The Morgan fingerprint density at radius 2 is 2.03 bits per heavy atom. The number of aromatic nitrogens is 7. The van der Waals surface area contributed by atoms with E-state index < -0.39 is 0 Å². The molecule has 5 heterocycles. The first kappa shape index (κ1) is 22.0. The van der Waals surface area contributed by atoms with Gasteiger partial charge in [-0.1, -0.05) is 0 Å². The molecular formula is C23H26N8O3. The lowest BCUT2D eigenvalue weighted by molar-refractivity contribution is 0.0918. The van der Waals surface area contributed by atoms with E-state index in [1.807, 2.05) is 32.3 Å². The Kier molecular flexibility index (Phi) is 6.17. The van der Waals surface area contributed by atoms with E-state index in [1.165, 1.54) is 10.9 Å². The number of hydrogen-bond donors (Lipinski definition) is 0. The first-order valence-corrected chi connectivity index (χ1v) is 11.2. The fourth-order valence-corrected chi connectivity index (χ4v) is 3.94. The molecule has 11 nitrogen and oxygen atoms in total. The van der Waals surface area contributed by atoms with E-state index in [1.54, 1.807) is 17.1 Å². The van der Waals surface area contributed by atoms with Crippen molar-refractivity contribution in [3.05, 3.63) is 53.9 Å². The molecule has 1 fully saturated rings. The minimum atomic E-state index is -0.138. The molecule has 11 heteroatoms. The Bertz CT molecular complexity index is 1310. The van der Waals surface area contributed by atoms with Crippen molar-refractivity contribution in [1.82, 2.24) is 34.3 Å². The molecule has 0 aliphatic carbocycles. The molecule has 0 bridgehead atoms. The van der Waals surface area contributed by atoms with Crippen molar-refractivity contribution in [2.24, 2.45) is 7.05 Å². The number of pyridine rings is 1. The van der Waals surface area contributed by atoms with Crippen LogP contribution in [-0.2, 0) is 24.6 Å². The van der Waals surface area contributed by atoms with Gasteiger partial charge in [-0.15, -0.1) is 0 Å². The van der Waals surface area contributed by atoms with Gasteiger partial charge in [-0.05, 0) is 30.2 Å². The van der Waals surface area contributed by atoms with Gasteiger partial charge in [0.2, 0.25) is 5.91 Å². The predicted octanol–water partition coefficient (Wildman–Crippen LogP) is 1.60. The maximum absolute atomic E-state index is 13.2. The molecule has 1 aliphatic heterocycles. The first-order chi connectivity index (χ1) is 16.6. The zero-order valence-electron chi connectivity index (χ0n) is 19.2. The van der Waals surface area contributed by atoms with Gasteiger partial charge in [0, 0.05) is 44.6 Å². The van der Waals surface area contributed by atoms with Crippen LogP contribution in [0.3, 0.4) is 0 Å². The average molecular weight is 463 g/mol. The summed E-state index contributed by atoms with van der Waals surface area (Å²) in [6.45, 7) is 4.85. The van der Waals surface area contributed by atoms with Gasteiger partial charge in [0.25, 0.3) is 0 Å². The van der Waals surface area contributed by atoms with E-state index in [2.05, 4.69) is 29.9 Å². The molecule has 0 N–H and O–H groups in total. The van der Waals surface area contributed by atoms with E-state index in [4.69, 9.17) is 9.47 Å². The van der Waals surface area contributed by atoms with Crippen LogP contribution in [0.25, 0.3) is 11.2 Å². The van der Waals surface area contributed by atoms with Crippen molar-refractivity contribution >= 4 is 22.9 Å². The van der Waals surface area contributed by atoms with Gasteiger partial charge in [-0.25, -0.2) is 4.98 Å². The largest absolute Gasteiger partial charge is 0.463 e. The van der Waals surface area contributed by atoms with Crippen LogP contribution in [0.2, 0.25) is 0 Å². The minimum absolute atomic E-state index is 0.138. The van der Waals surface area contributed by atoms with Gasteiger partial charge < -0.3 is 14.4 Å². The number of aryl methyl sites for hydroxylation is 2. The molecule has 176 valence electrons. The second-order valence-corrected chi connectivity index (χ2v) is 8.21. The van der Waals surface area contributed by atoms with Crippen LogP contribution in [0.1, 0.15) is 21.6 Å². The highest BCUT2D eigenvalue weighted by Gasteiger charge is 2.23. The molecule has 0 saturated carbocycles. The number of ether oxygens (including phenoxy) is 2. The quantitative estimate of drug-likeness (QED) is 0.404. The molecule has 0 radical (unpaired) electrons. The van der Waals surface area contributed by atoms with E-state index >= 15 is 0 Å². The smallest absolute Gasteiger partial charge is 0.320 e. The lowest BCUT2D eigenvalue weighted by atomic mass is 10.1. The number of fused-ring (bicyclic) bond motifs is 1. The van der Waals surface area contributed by atoms with Crippen LogP contribution in [0.5, 0.6) is 6.01 Å². The Hall–Kier alpha value is -3.86. The van der Waals surface area contributed by atoms with Crippen LogP contribution in [0, 0.1) is 6.92 Å². The van der Waals surface area contributed by atoms with Crippen molar-refractivity contribution in [2.75, 3.05) is 37.8 Å². The third-order valence-electron chi connectivity index (χ3n) is 5.63. The van der Waals surface area contributed by atoms with E-state index in [0.717, 1.165) is 16.8 Å². The Balaban J connectivity index is 1.44. The highest BCUT2D eigenvalue weighted by Crippen LogP contribution is 2.26. The third-order valence-corrected chi connectivity index (χ3v) is 5.63. The summed E-state index contributed by atoms with van der Waals surface area (Å²) >= 11 is 0. The summed E-state index contributed by atoms with van der Waals surface area (Å²) in [4.78, 5) is 33.2. The SMILES string of the molecule is Cc1cc(CC(=O)n2cnc3c(N4CCOCC4)nc(OCCc4cnn(C)c4)nc32)ccn1. The van der Waals surface area contributed by atoms with Gasteiger partial charge in [0.05, 0.1) is 32.4 Å². The topological polar surface area (TPSA) is 113 Å². The van der Waals surface area contributed by atoms with Gasteiger partial charge in [0.15, 0.2) is 17.0 Å². The van der Waals surface area contributed by atoms with Gasteiger partial charge in [-0.2, -0.15) is 15.1 Å². The molecule has 0 unspecified atom stereocenters. The molecule has 4 aromatic heterocycles. The summed E-state index contributed by atoms with van der Waals surface area (Å²) in [5.41, 5.74) is 3.81. The number of anilines is 1. The first-order valence-electron chi connectivity index (χ1n) is 11.2. The van der Waals surface area contributed by atoms with Crippen molar-refractivity contribution < 1.29 is 14.3 Å². The molecular weight excluding hydrogens is 436 g/mol. The van der Waals surface area contributed by atoms with Crippen LogP contribution in [0.4, 0.5) is 5.82 Å². The molecule has 1 saturated heterocycles. The van der Waals surface area contributed by atoms with Gasteiger partial charge in [-0.3, -0.25) is 19.0 Å². The van der Waals surface area contributed by atoms with Crippen molar-refractivity contribution in [1.29, 1.82) is 0 Å². The minimum Gasteiger partial charge on any atom is -0.463 e. The van der Waals surface area contributed by atoms with Crippen molar-refractivity contribution in [3.63, 3.8) is 0 Å². The summed E-state index contributed by atoms with van der Waals surface area (Å²) in [5, 5.41) is 4.18. The lowest BCUT2D eigenvalue weighted by Gasteiger charge is -2.27. The predicted molar refractivity (Wildman–Crippen MR) is 124 cm³/mol. The Morgan fingerprint density at radius 1 is 1.18 bits per heavy atom. The van der Waals surface area contributed by atoms with Gasteiger partial charge in [0.1, 0.15) is 6.33 Å². The molecule has 4 aromatic rings. The van der Waals surface area contributed by atoms with E-state index in [9.17, 15) is 4.79 Å². The zero-order chi connectivity index (χ0) is 23.5. The molecule has 5 rings (SSSR count). The number of hydrogen-bond acceptors (Lipinski definition) is 9. The van der Waals surface area contributed by atoms with Crippen LogP contribution in [-0.4, -0.2) is 73.1 Å². The Labute approximate surface area is 196 Å². The molecule has 0 amide bonds. The normalized spacial score (nSPS) is 14.0.